The summed E-state index contributed by atoms with van der Waals surface area (Å²) in [5.74, 6) is 1.30. The third-order valence-corrected chi connectivity index (χ3v) is 8.20. The van der Waals surface area contributed by atoms with Crippen LogP contribution in [0.1, 0.15) is 62.8 Å². The number of nitrogens with one attached hydrogen (secondary N) is 1. The second-order valence-electron chi connectivity index (χ2n) is 10.1. The highest BCUT2D eigenvalue weighted by molar-refractivity contribution is 7.18. The Morgan fingerprint density at radius 1 is 1.22 bits per heavy atom. The molecular weight excluding hydrogens is 468 g/mol. The Bertz CT molecular complexity index is 1300. The third kappa shape index (κ3) is 4.96. The number of benzene rings is 2. The molecule has 2 aliphatic rings. The Morgan fingerprint density at radius 3 is 2.78 bits per heavy atom. The summed E-state index contributed by atoms with van der Waals surface area (Å²) in [4.78, 5) is 20.6. The minimum absolute atomic E-state index is 0.00625. The summed E-state index contributed by atoms with van der Waals surface area (Å²) in [5.41, 5.74) is 5.11. The van der Waals surface area contributed by atoms with Gasteiger partial charge in [0.15, 0.2) is 0 Å². The fourth-order valence-corrected chi connectivity index (χ4v) is 6.09. The van der Waals surface area contributed by atoms with Crippen LogP contribution in [0.15, 0.2) is 42.6 Å². The Kier molecular flexibility index (Phi) is 6.97. The van der Waals surface area contributed by atoms with E-state index < -0.39 is 0 Å². The number of nitrogens with zero attached hydrogens (tertiary/aromatic N) is 3. The van der Waals surface area contributed by atoms with Gasteiger partial charge in [0.2, 0.25) is 0 Å². The molecule has 0 bridgehead atoms. The first-order valence-corrected chi connectivity index (χ1v) is 13.6. The Morgan fingerprint density at radius 2 is 2.03 bits per heavy atom. The number of ether oxygens (including phenoxy) is 1. The van der Waals surface area contributed by atoms with Gasteiger partial charge in [-0.2, -0.15) is 5.26 Å². The molecule has 3 aromatic rings. The van der Waals surface area contributed by atoms with Gasteiger partial charge in [-0.1, -0.05) is 25.1 Å². The molecular formula is C29H32N4O2S. The van der Waals surface area contributed by atoms with Gasteiger partial charge in [0.1, 0.15) is 16.8 Å². The van der Waals surface area contributed by atoms with E-state index in [4.69, 9.17) is 4.74 Å². The molecule has 2 heterocycles. The highest BCUT2D eigenvalue weighted by atomic mass is 32.1. The average Bonchev–Trinajstić information content (AvgIpc) is 3.52. The fourth-order valence-electron chi connectivity index (χ4n) is 5.13. The van der Waals surface area contributed by atoms with Crippen molar-refractivity contribution in [2.75, 3.05) is 13.1 Å². The first-order valence-electron chi connectivity index (χ1n) is 12.8. The van der Waals surface area contributed by atoms with Gasteiger partial charge in [0.05, 0.1) is 22.6 Å². The molecule has 6 nitrogen and oxygen atoms in total. The van der Waals surface area contributed by atoms with E-state index in [1.807, 2.05) is 43.1 Å². The summed E-state index contributed by atoms with van der Waals surface area (Å²) in [6.45, 7) is 7.84. The lowest BCUT2D eigenvalue weighted by molar-refractivity contribution is 0.170. The van der Waals surface area contributed by atoms with Crippen LogP contribution >= 0.6 is 11.3 Å². The summed E-state index contributed by atoms with van der Waals surface area (Å²) >= 11 is 1.63. The van der Waals surface area contributed by atoms with Gasteiger partial charge in [-0.05, 0) is 80.3 Å². The predicted molar refractivity (Wildman–Crippen MR) is 143 cm³/mol. The van der Waals surface area contributed by atoms with Crippen molar-refractivity contribution in [3.05, 3.63) is 59.3 Å². The molecule has 1 atom stereocenters. The van der Waals surface area contributed by atoms with E-state index >= 15 is 0 Å². The second-order valence-corrected chi connectivity index (χ2v) is 11.1. The number of hydrogen-bond acceptors (Lipinski definition) is 5. The summed E-state index contributed by atoms with van der Waals surface area (Å²) in [5, 5.41) is 13.8. The van der Waals surface area contributed by atoms with Gasteiger partial charge in [-0.3, -0.25) is 0 Å². The molecule has 1 N–H and O–H groups in total. The summed E-state index contributed by atoms with van der Waals surface area (Å²) < 4.78 is 5.76. The normalized spacial score (nSPS) is 17.6. The van der Waals surface area contributed by atoms with Gasteiger partial charge in [-0.25, -0.2) is 9.78 Å². The van der Waals surface area contributed by atoms with Crippen LogP contribution in [0.2, 0.25) is 0 Å². The number of aromatic nitrogens is 1. The number of urea groups is 1. The molecule has 36 heavy (non-hydrogen) atoms. The van der Waals surface area contributed by atoms with Crippen molar-refractivity contribution >= 4 is 17.4 Å². The number of nitriles is 1. The van der Waals surface area contributed by atoms with Crippen molar-refractivity contribution < 1.29 is 9.53 Å². The van der Waals surface area contributed by atoms with Crippen LogP contribution in [-0.2, 0) is 6.42 Å². The minimum atomic E-state index is 0.00625. The molecule has 0 saturated carbocycles. The zero-order chi connectivity index (χ0) is 25.2. The molecule has 7 heteroatoms. The molecule has 2 aromatic carbocycles. The highest BCUT2D eigenvalue weighted by Crippen LogP contribution is 2.41. The fraction of sp³-hybridized carbons (Fsp3) is 0.414. The van der Waals surface area contributed by atoms with Crippen molar-refractivity contribution in [1.82, 2.24) is 15.2 Å². The zero-order valence-corrected chi connectivity index (χ0v) is 21.9. The third-order valence-electron chi connectivity index (χ3n) is 7.12. The molecule has 1 saturated heterocycles. The van der Waals surface area contributed by atoms with Crippen LogP contribution in [0.4, 0.5) is 4.79 Å². The van der Waals surface area contributed by atoms with Gasteiger partial charge in [0.25, 0.3) is 0 Å². The Labute approximate surface area is 216 Å². The lowest BCUT2D eigenvalue weighted by Gasteiger charge is -2.31. The Balaban J connectivity index is 1.35. The number of carbonyl (C=O) groups excluding carboxylic acids is 1. The van der Waals surface area contributed by atoms with Gasteiger partial charge in [-0.15, -0.1) is 11.3 Å². The van der Waals surface area contributed by atoms with Crippen molar-refractivity contribution in [3.8, 4) is 32.8 Å². The van der Waals surface area contributed by atoms with Crippen LogP contribution in [-0.4, -0.2) is 35.1 Å². The molecule has 1 fully saturated rings. The number of fused-ring (bicyclic) bond motifs is 1. The van der Waals surface area contributed by atoms with E-state index in [0.29, 0.717) is 17.2 Å². The number of rotatable bonds is 5. The van der Waals surface area contributed by atoms with E-state index in [1.165, 1.54) is 16.7 Å². The lowest BCUT2D eigenvalue weighted by atomic mass is 9.99. The monoisotopic (exact) mass is 500 g/mol. The molecule has 1 aliphatic carbocycles. The quantitative estimate of drug-likeness (QED) is 0.430. The van der Waals surface area contributed by atoms with E-state index in [1.54, 1.807) is 11.3 Å². The molecule has 0 spiro atoms. The van der Waals surface area contributed by atoms with Gasteiger partial charge in [0, 0.05) is 24.8 Å². The number of thiazole rings is 1. The topological polar surface area (TPSA) is 78.2 Å². The average molecular weight is 501 g/mol. The van der Waals surface area contributed by atoms with Crippen molar-refractivity contribution in [3.63, 3.8) is 0 Å². The minimum Gasteiger partial charge on any atom is -0.490 e. The zero-order valence-electron chi connectivity index (χ0n) is 21.1. The molecule has 186 valence electrons. The van der Waals surface area contributed by atoms with Crippen LogP contribution in [0, 0.1) is 17.2 Å². The van der Waals surface area contributed by atoms with E-state index in [0.717, 1.165) is 54.2 Å². The maximum atomic E-state index is 12.9. The van der Waals surface area contributed by atoms with Gasteiger partial charge >= 0.3 is 6.03 Å². The number of piperidine rings is 1. The van der Waals surface area contributed by atoms with Crippen LogP contribution in [0.5, 0.6) is 5.75 Å². The van der Waals surface area contributed by atoms with Crippen LogP contribution < -0.4 is 10.1 Å². The predicted octanol–water partition coefficient (Wildman–Crippen LogP) is 6.56. The van der Waals surface area contributed by atoms with E-state index in [-0.39, 0.29) is 18.2 Å². The number of likely N-dealkylation sites (tertiary alicyclic amines) is 1. The molecule has 0 unspecified atom stereocenters. The van der Waals surface area contributed by atoms with Gasteiger partial charge < -0.3 is 15.0 Å². The number of carbonyl (C=O) groups is 1. The SMILES string of the molecule is CC1CCN(C(=O)N[C@@H]2CCc3c(-c4cnc(-c5ccc(OC(C)C)c(C#N)c5)s4)cccc32)CC1. The summed E-state index contributed by atoms with van der Waals surface area (Å²) in [6, 6.07) is 14.4. The lowest BCUT2D eigenvalue weighted by Crippen LogP contribution is -2.45. The van der Waals surface area contributed by atoms with E-state index in [2.05, 4.69) is 41.5 Å². The maximum Gasteiger partial charge on any atom is 0.317 e. The molecule has 0 radical (unpaired) electrons. The highest BCUT2D eigenvalue weighted by Gasteiger charge is 2.29. The van der Waals surface area contributed by atoms with Crippen LogP contribution in [0.3, 0.4) is 0 Å². The molecule has 1 aliphatic heterocycles. The summed E-state index contributed by atoms with van der Waals surface area (Å²) in [6.07, 6.45) is 5.93. The van der Waals surface area contributed by atoms with E-state index in [9.17, 15) is 10.1 Å². The largest absolute Gasteiger partial charge is 0.490 e. The van der Waals surface area contributed by atoms with Crippen molar-refractivity contribution in [2.24, 2.45) is 5.92 Å². The van der Waals surface area contributed by atoms with Crippen molar-refractivity contribution in [2.45, 2.75) is 58.6 Å². The number of hydrogen-bond donors (Lipinski definition) is 1. The maximum absolute atomic E-state index is 12.9. The number of amides is 2. The Hall–Kier alpha value is -3.37. The molecule has 2 amide bonds. The van der Waals surface area contributed by atoms with Crippen molar-refractivity contribution in [1.29, 1.82) is 5.26 Å². The smallest absolute Gasteiger partial charge is 0.317 e. The van der Waals surface area contributed by atoms with Crippen LogP contribution in [0.25, 0.3) is 21.0 Å². The standard InChI is InChI=1S/C29H32N4O2S/c1-18(2)35-26-10-7-20(15-21(26)16-30)28-31-17-27(36-28)24-6-4-5-23-22(24)8-9-25(23)32-29(34)33-13-11-19(3)12-14-33/h4-7,10,15,17-19,25H,8-9,11-14H2,1-3H3,(H,32,34)/t25-/m1/s1. The molecule has 5 rings (SSSR count). The summed E-state index contributed by atoms with van der Waals surface area (Å²) in [7, 11) is 0. The second kappa shape index (κ2) is 10.3. The molecule has 1 aromatic heterocycles. The first kappa shape index (κ1) is 24.3. The first-order chi connectivity index (χ1) is 17.4.